The van der Waals surface area contributed by atoms with Crippen LogP contribution in [0.4, 0.5) is 0 Å². The van der Waals surface area contributed by atoms with E-state index in [4.69, 9.17) is 0 Å². The quantitative estimate of drug-likeness (QED) is 0.702. The van der Waals surface area contributed by atoms with E-state index in [1.807, 2.05) is 33.8 Å². The summed E-state index contributed by atoms with van der Waals surface area (Å²) in [6, 6.07) is 13.9. The van der Waals surface area contributed by atoms with Gasteiger partial charge in [-0.1, -0.05) is 52.0 Å². The molecule has 2 N–H and O–H groups in total. The third kappa shape index (κ3) is 3.73. The Bertz CT molecular complexity index is 779. The van der Waals surface area contributed by atoms with Crippen LogP contribution in [0.3, 0.4) is 0 Å². The molecule has 3 rings (SSSR count). The molecule has 0 saturated heterocycles. The van der Waals surface area contributed by atoms with Gasteiger partial charge in [-0.3, -0.25) is 4.79 Å². The summed E-state index contributed by atoms with van der Waals surface area (Å²) in [6.45, 7) is 8.00. The van der Waals surface area contributed by atoms with Crippen LogP contribution >= 0.6 is 0 Å². The number of phenolic OH excluding ortho intramolecular Hbond substituents is 1. The van der Waals surface area contributed by atoms with E-state index < -0.39 is 0 Å². The third-order valence-electron chi connectivity index (χ3n) is 2.77. The Balaban J connectivity index is 0.000000561. The number of nitrogens with zero attached hydrogens (tertiary/aromatic N) is 1. The van der Waals surface area contributed by atoms with Crippen LogP contribution in [-0.2, 0) is 0 Å². The predicted octanol–water partition coefficient (Wildman–Crippen LogP) is 4.35. The van der Waals surface area contributed by atoms with Crippen molar-refractivity contribution in [1.29, 1.82) is 0 Å². The maximum absolute atomic E-state index is 11.9. The number of fused-ring (bicyclic) bond motifs is 1. The fourth-order valence-electron chi connectivity index (χ4n) is 1.89. The Morgan fingerprint density at radius 1 is 0.909 bits per heavy atom. The van der Waals surface area contributed by atoms with Crippen molar-refractivity contribution in [1.82, 2.24) is 9.97 Å². The highest BCUT2D eigenvalue weighted by atomic mass is 16.3. The molecule has 0 atom stereocenters. The van der Waals surface area contributed by atoms with Crippen molar-refractivity contribution in [2.45, 2.75) is 27.7 Å². The summed E-state index contributed by atoms with van der Waals surface area (Å²) < 4.78 is 0. The summed E-state index contributed by atoms with van der Waals surface area (Å²) >= 11 is 0. The number of benzene rings is 2. The largest absolute Gasteiger partial charge is 0.507 e. The van der Waals surface area contributed by atoms with Crippen molar-refractivity contribution < 1.29 is 5.11 Å². The van der Waals surface area contributed by atoms with Gasteiger partial charge in [-0.25, -0.2) is 4.98 Å². The Kier molecular flexibility index (Phi) is 6.83. The molecule has 0 amide bonds. The Labute approximate surface area is 130 Å². The van der Waals surface area contributed by atoms with Gasteiger partial charge in [-0.15, -0.1) is 0 Å². The summed E-state index contributed by atoms with van der Waals surface area (Å²) in [7, 11) is 0. The monoisotopic (exact) mass is 298 g/mol. The molecule has 0 bridgehead atoms. The zero-order valence-electron chi connectivity index (χ0n) is 13.4. The smallest absolute Gasteiger partial charge is 0.259 e. The van der Waals surface area contributed by atoms with E-state index in [0.717, 1.165) is 0 Å². The molecule has 0 aliphatic carbocycles. The zero-order chi connectivity index (χ0) is 16.5. The highest BCUT2D eigenvalue weighted by Gasteiger charge is 2.08. The van der Waals surface area contributed by atoms with Gasteiger partial charge < -0.3 is 10.1 Å². The molecular formula is C18H22N2O2. The van der Waals surface area contributed by atoms with Crippen LogP contribution in [-0.4, -0.2) is 15.1 Å². The summed E-state index contributed by atoms with van der Waals surface area (Å²) in [5.41, 5.74) is 0.915. The highest BCUT2D eigenvalue weighted by molar-refractivity contribution is 5.79. The normalized spacial score (nSPS) is 9.27. The number of rotatable bonds is 1. The van der Waals surface area contributed by atoms with Crippen LogP contribution < -0.4 is 5.56 Å². The molecule has 116 valence electrons. The van der Waals surface area contributed by atoms with Crippen molar-refractivity contribution in [3.05, 3.63) is 58.9 Å². The van der Waals surface area contributed by atoms with Crippen molar-refractivity contribution >= 4 is 10.9 Å². The maximum Gasteiger partial charge on any atom is 0.259 e. The Morgan fingerprint density at radius 2 is 1.50 bits per heavy atom. The van der Waals surface area contributed by atoms with Gasteiger partial charge in [-0.05, 0) is 24.3 Å². The van der Waals surface area contributed by atoms with E-state index in [-0.39, 0.29) is 11.3 Å². The van der Waals surface area contributed by atoms with Crippen molar-refractivity contribution in [3.63, 3.8) is 0 Å². The number of aromatic hydroxyl groups is 1. The molecule has 0 spiro atoms. The number of para-hydroxylation sites is 2. The van der Waals surface area contributed by atoms with Gasteiger partial charge in [0.25, 0.3) is 5.56 Å². The van der Waals surface area contributed by atoms with Gasteiger partial charge in [0.15, 0.2) is 0 Å². The topological polar surface area (TPSA) is 66.0 Å². The number of phenols is 1. The van der Waals surface area contributed by atoms with Crippen molar-refractivity contribution in [2.24, 2.45) is 0 Å². The lowest BCUT2D eigenvalue weighted by Crippen LogP contribution is -2.09. The van der Waals surface area contributed by atoms with E-state index in [9.17, 15) is 9.90 Å². The van der Waals surface area contributed by atoms with E-state index in [2.05, 4.69) is 9.97 Å². The van der Waals surface area contributed by atoms with E-state index in [1.54, 1.807) is 42.5 Å². The second-order valence-corrected chi connectivity index (χ2v) is 3.95. The molecule has 0 aliphatic heterocycles. The highest BCUT2D eigenvalue weighted by Crippen LogP contribution is 2.25. The van der Waals surface area contributed by atoms with Gasteiger partial charge in [0.2, 0.25) is 0 Å². The molecule has 4 nitrogen and oxygen atoms in total. The van der Waals surface area contributed by atoms with Crippen LogP contribution in [0.15, 0.2) is 53.3 Å². The Hall–Kier alpha value is -2.62. The summed E-state index contributed by atoms with van der Waals surface area (Å²) in [6.07, 6.45) is 0. The SMILES string of the molecule is CC.CC.O=c1[nH]c(-c2ccccc2O)nc2ccccc12. The molecule has 0 aliphatic rings. The molecule has 4 heteroatoms. The lowest BCUT2D eigenvalue weighted by atomic mass is 10.1. The fourth-order valence-corrected chi connectivity index (χ4v) is 1.89. The molecular weight excluding hydrogens is 276 g/mol. The molecule has 0 radical (unpaired) electrons. The fraction of sp³-hybridized carbons (Fsp3) is 0.222. The minimum atomic E-state index is -0.209. The molecule has 0 saturated carbocycles. The second-order valence-electron chi connectivity index (χ2n) is 3.95. The van der Waals surface area contributed by atoms with Gasteiger partial charge in [0.05, 0.1) is 16.5 Å². The summed E-state index contributed by atoms with van der Waals surface area (Å²) in [5.74, 6) is 0.465. The van der Waals surface area contributed by atoms with Gasteiger partial charge >= 0.3 is 0 Å². The van der Waals surface area contributed by atoms with Crippen LogP contribution in [0, 0.1) is 0 Å². The first kappa shape index (κ1) is 17.4. The number of hydrogen-bond acceptors (Lipinski definition) is 3. The van der Waals surface area contributed by atoms with Gasteiger partial charge in [0, 0.05) is 0 Å². The van der Waals surface area contributed by atoms with E-state index in [1.165, 1.54) is 0 Å². The number of hydrogen-bond donors (Lipinski definition) is 2. The minimum absolute atomic E-state index is 0.0935. The predicted molar refractivity (Wildman–Crippen MR) is 92.2 cm³/mol. The van der Waals surface area contributed by atoms with Crippen LogP contribution in [0.5, 0.6) is 5.75 Å². The standard InChI is InChI=1S/C14H10N2O2.2C2H6/c17-12-8-4-2-6-10(12)13-15-11-7-3-1-5-9(11)14(18)16-13;2*1-2/h1-8,17H,(H,15,16,18);2*1-2H3. The van der Waals surface area contributed by atoms with Crippen LogP contribution in [0.25, 0.3) is 22.3 Å². The molecule has 0 fully saturated rings. The first-order chi connectivity index (χ1) is 10.8. The maximum atomic E-state index is 11.9. The van der Waals surface area contributed by atoms with Crippen LogP contribution in [0.1, 0.15) is 27.7 Å². The average molecular weight is 298 g/mol. The number of aromatic nitrogens is 2. The minimum Gasteiger partial charge on any atom is -0.507 e. The average Bonchev–Trinajstić information content (AvgIpc) is 2.59. The van der Waals surface area contributed by atoms with Crippen LogP contribution in [0.2, 0.25) is 0 Å². The molecule has 3 aromatic rings. The van der Waals surface area contributed by atoms with Crippen molar-refractivity contribution in [3.8, 4) is 17.1 Å². The molecule has 1 heterocycles. The first-order valence-corrected chi connectivity index (χ1v) is 7.53. The first-order valence-electron chi connectivity index (χ1n) is 7.53. The van der Waals surface area contributed by atoms with Gasteiger partial charge in [-0.2, -0.15) is 0 Å². The van der Waals surface area contributed by atoms with E-state index in [0.29, 0.717) is 22.3 Å². The number of aromatic amines is 1. The lowest BCUT2D eigenvalue weighted by molar-refractivity contribution is 0.477. The number of H-pyrrole nitrogens is 1. The molecule has 1 aromatic heterocycles. The van der Waals surface area contributed by atoms with Crippen molar-refractivity contribution in [2.75, 3.05) is 0 Å². The van der Waals surface area contributed by atoms with E-state index >= 15 is 0 Å². The molecule has 0 unspecified atom stereocenters. The lowest BCUT2D eigenvalue weighted by Gasteiger charge is -2.04. The molecule has 2 aromatic carbocycles. The molecule has 22 heavy (non-hydrogen) atoms. The number of nitrogens with one attached hydrogen (secondary N) is 1. The Morgan fingerprint density at radius 3 is 2.18 bits per heavy atom. The van der Waals surface area contributed by atoms with Gasteiger partial charge in [0.1, 0.15) is 11.6 Å². The zero-order valence-corrected chi connectivity index (χ0v) is 13.4. The summed E-state index contributed by atoms with van der Waals surface area (Å²) in [5, 5.41) is 10.3. The summed E-state index contributed by atoms with van der Waals surface area (Å²) in [4.78, 5) is 18.9. The second kappa shape index (κ2) is 8.62. The third-order valence-corrected chi connectivity index (χ3v) is 2.77.